The maximum Gasteiger partial charge on any atom is 1.00 e. The minimum absolute atomic E-state index is 0. The maximum atomic E-state index is 10.6. The molecule has 0 amide bonds. The summed E-state index contributed by atoms with van der Waals surface area (Å²) in [5, 5.41) is 25.5. The fraction of sp³-hybridized carbons (Fsp3) is 0. The van der Waals surface area contributed by atoms with E-state index in [0.29, 0.717) is 0 Å². The Bertz CT molecular complexity index is 322. The number of benzene rings is 1. The van der Waals surface area contributed by atoms with Gasteiger partial charge in [-0.05, 0) is 12.1 Å². The van der Waals surface area contributed by atoms with Gasteiger partial charge in [0, 0.05) is 0 Å². The first-order valence-electron chi connectivity index (χ1n) is 3.46. The van der Waals surface area contributed by atoms with Crippen molar-refractivity contribution in [3.8, 4) is 5.75 Å². The molecule has 7 heteroatoms. The van der Waals surface area contributed by atoms with E-state index in [1.54, 1.807) is 0 Å². The van der Waals surface area contributed by atoms with Crippen molar-refractivity contribution in [1.29, 1.82) is 0 Å². The Morgan fingerprint density at radius 1 is 1.36 bits per heavy atom. The summed E-state index contributed by atoms with van der Waals surface area (Å²) in [4.78, 5) is 10.6. The van der Waals surface area contributed by atoms with Crippen molar-refractivity contribution < 1.29 is 77.4 Å². The van der Waals surface area contributed by atoms with E-state index in [1.165, 1.54) is 24.3 Å². The molecule has 3 N–H and O–H groups in total. The number of para-hydroxylation sites is 1. The zero-order chi connectivity index (χ0) is 9.84. The molecule has 0 fully saturated rings. The van der Waals surface area contributed by atoms with Crippen molar-refractivity contribution in [2.24, 2.45) is 0 Å². The molecular formula is C7H8BKO5. The number of hydrogen-bond acceptors (Lipinski definition) is 4. The van der Waals surface area contributed by atoms with Crippen molar-refractivity contribution in [1.82, 2.24) is 0 Å². The van der Waals surface area contributed by atoms with Gasteiger partial charge in [-0.3, -0.25) is 0 Å². The normalized spacial score (nSPS) is 8.71. The van der Waals surface area contributed by atoms with Crippen LogP contribution >= 0.6 is 0 Å². The molecular weight excluding hydrogens is 214 g/mol. The van der Waals surface area contributed by atoms with Crippen LogP contribution in [0.2, 0.25) is 0 Å². The van der Waals surface area contributed by atoms with Crippen molar-refractivity contribution in [2.45, 2.75) is 0 Å². The largest absolute Gasteiger partial charge is 1.00 e. The summed E-state index contributed by atoms with van der Waals surface area (Å²) in [7, 11) is -2.01. The van der Waals surface area contributed by atoms with Crippen molar-refractivity contribution in [2.75, 3.05) is 0 Å². The second-order valence-electron chi connectivity index (χ2n) is 2.25. The molecule has 1 aromatic carbocycles. The molecule has 70 valence electrons. The van der Waals surface area contributed by atoms with Gasteiger partial charge in [-0.2, -0.15) is 0 Å². The summed E-state index contributed by atoms with van der Waals surface area (Å²) >= 11 is 0. The molecule has 0 saturated heterocycles. The first-order valence-corrected chi connectivity index (χ1v) is 3.46. The fourth-order valence-corrected chi connectivity index (χ4v) is 0.860. The third-order valence-corrected chi connectivity index (χ3v) is 1.35. The van der Waals surface area contributed by atoms with Gasteiger partial charge < -0.3 is 21.2 Å². The van der Waals surface area contributed by atoms with Gasteiger partial charge in [-0.15, -0.1) is 0 Å². The number of carbonyl (C=O) groups is 1. The molecule has 0 radical (unpaired) electrons. The second-order valence-corrected chi connectivity index (χ2v) is 2.25. The molecule has 0 bridgehead atoms. The van der Waals surface area contributed by atoms with E-state index in [0.717, 1.165) is 0 Å². The molecule has 0 saturated carbocycles. The Kier molecular flexibility index (Phi) is 6.62. The summed E-state index contributed by atoms with van der Waals surface area (Å²) < 4.78 is 4.44. The molecule has 0 heterocycles. The van der Waals surface area contributed by atoms with Gasteiger partial charge in [0.15, 0.2) is 0 Å². The van der Waals surface area contributed by atoms with E-state index in [9.17, 15) is 4.79 Å². The van der Waals surface area contributed by atoms with Gasteiger partial charge in [0.05, 0.1) is 5.56 Å². The molecule has 14 heavy (non-hydrogen) atoms. The van der Waals surface area contributed by atoms with Crippen LogP contribution in [0.5, 0.6) is 5.75 Å². The standard InChI is InChI=1S/C7H7BO5.K.H/c9-7(10)5-3-1-2-4-6(5)13-8(11)12;;/h1-4,11-12H,(H,9,10);;/q;+1;-1. The average Bonchev–Trinajstić information content (AvgIpc) is 2.03. The number of carboxylic acid groups (broad SMARTS) is 1. The van der Waals surface area contributed by atoms with E-state index in [-0.39, 0.29) is 64.1 Å². The zero-order valence-corrected chi connectivity index (χ0v) is 10.7. The van der Waals surface area contributed by atoms with E-state index in [2.05, 4.69) is 4.65 Å². The maximum absolute atomic E-state index is 10.6. The third kappa shape index (κ3) is 4.09. The molecule has 0 spiro atoms. The number of rotatable bonds is 3. The first kappa shape index (κ1) is 14.1. The van der Waals surface area contributed by atoms with Gasteiger partial charge in [0.1, 0.15) is 5.75 Å². The van der Waals surface area contributed by atoms with Crippen LogP contribution in [-0.4, -0.2) is 28.4 Å². The Labute approximate surface area is 125 Å². The van der Waals surface area contributed by atoms with Gasteiger partial charge in [-0.25, -0.2) is 4.79 Å². The SMILES string of the molecule is O=C(O)c1ccccc1OB(O)O.[H-].[K+]. The molecule has 0 atom stereocenters. The quantitative estimate of drug-likeness (QED) is 0.470. The summed E-state index contributed by atoms with van der Waals surface area (Å²) in [5.74, 6) is -1.26. The van der Waals surface area contributed by atoms with Crippen LogP contribution in [-0.2, 0) is 0 Å². The van der Waals surface area contributed by atoms with Gasteiger partial charge in [0.25, 0.3) is 0 Å². The summed E-state index contributed by atoms with van der Waals surface area (Å²) in [6.45, 7) is 0. The molecule has 5 nitrogen and oxygen atoms in total. The minimum atomic E-state index is -2.01. The fourth-order valence-electron chi connectivity index (χ4n) is 0.860. The summed E-state index contributed by atoms with van der Waals surface area (Å²) in [6.07, 6.45) is 0. The molecule has 1 aromatic rings. The smallest absolute Gasteiger partial charge is 1.00 e. The Balaban J connectivity index is 0. The van der Waals surface area contributed by atoms with Crippen LogP contribution in [0.25, 0.3) is 0 Å². The van der Waals surface area contributed by atoms with Gasteiger partial charge in [-0.1, -0.05) is 12.1 Å². The van der Waals surface area contributed by atoms with Crippen LogP contribution in [0, 0.1) is 0 Å². The Morgan fingerprint density at radius 2 is 1.93 bits per heavy atom. The van der Waals surface area contributed by atoms with Crippen LogP contribution < -0.4 is 56.0 Å². The van der Waals surface area contributed by atoms with Crippen LogP contribution in [0.3, 0.4) is 0 Å². The first-order chi connectivity index (χ1) is 6.11. The number of aromatic carboxylic acids is 1. The molecule has 0 aliphatic rings. The summed E-state index contributed by atoms with van der Waals surface area (Å²) in [5.41, 5.74) is -0.115. The van der Waals surface area contributed by atoms with E-state index in [1.807, 2.05) is 0 Å². The van der Waals surface area contributed by atoms with Crippen molar-refractivity contribution in [3.05, 3.63) is 29.8 Å². The van der Waals surface area contributed by atoms with Crippen LogP contribution in [0.4, 0.5) is 0 Å². The predicted molar refractivity (Wildman–Crippen MR) is 45.3 cm³/mol. The van der Waals surface area contributed by atoms with E-state index in [4.69, 9.17) is 15.2 Å². The predicted octanol–water partition coefficient (Wildman–Crippen LogP) is -3.15. The van der Waals surface area contributed by atoms with E-state index < -0.39 is 13.3 Å². The average molecular weight is 222 g/mol. The molecule has 0 aliphatic carbocycles. The molecule has 0 unspecified atom stereocenters. The second kappa shape index (κ2) is 6.57. The van der Waals surface area contributed by atoms with Crippen LogP contribution in [0.1, 0.15) is 11.8 Å². The molecule has 0 aliphatic heterocycles. The van der Waals surface area contributed by atoms with Crippen LogP contribution in [0.15, 0.2) is 24.3 Å². The van der Waals surface area contributed by atoms with Gasteiger partial charge >= 0.3 is 64.7 Å². The van der Waals surface area contributed by atoms with Crippen molar-refractivity contribution >= 4 is 13.3 Å². The number of hydrogen-bond donors (Lipinski definition) is 3. The summed E-state index contributed by atoms with van der Waals surface area (Å²) in [6, 6.07) is 5.69. The molecule has 0 aromatic heterocycles. The third-order valence-electron chi connectivity index (χ3n) is 1.35. The minimum Gasteiger partial charge on any atom is -1.00 e. The Morgan fingerprint density at radius 3 is 2.43 bits per heavy atom. The Hall–Kier alpha value is 0.111. The van der Waals surface area contributed by atoms with E-state index >= 15 is 0 Å². The topological polar surface area (TPSA) is 87.0 Å². The van der Waals surface area contributed by atoms with Gasteiger partial charge in [0.2, 0.25) is 0 Å². The number of carboxylic acids is 1. The zero-order valence-electron chi connectivity index (χ0n) is 8.54. The molecule has 1 rings (SSSR count). The van der Waals surface area contributed by atoms with Crippen molar-refractivity contribution in [3.63, 3.8) is 0 Å². The monoisotopic (exact) mass is 222 g/mol.